The van der Waals surface area contributed by atoms with Gasteiger partial charge in [-0.05, 0) is 60.1 Å². The van der Waals surface area contributed by atoms with Gasteiger partial charge in [0.1, 0.15) is 23.1 Å². The lowest BCUT2D eigenvalue weighted by molar-refractivity contribution is -0.139. The highest BCUT2D eigenvalue weighted by molar-refractivity contribution is 5.90. The number of benzene rings is 1. The molecular weight excluding hydrogens is 433 g/mol. The van der Waals surface area contributed by atoms with E-state index in [0.29, 0.717) is 0 Å². The zero-order valence-electron chi connectivity index (χ0n) is 20.0. The third-order valence-corrected chi connectivity index (χ3v) is 3.96. The number of nitrogens with zero attached hydrogens (tertiary/aromatic N) is 1. The molecule has 33 heavy (non-hydrogen) atoms. The van der Waals surface area contributed by atoms with E-state index in [2.05, 4.69) is 17.2 Å². The molecule has 0 saturated carbocycles. The molecule has 1 rings (SSSR count). The Morgan fingerprint density at radius 2 is 1.70 bits per heavy atom. The lowest BCUT2D eigenvalue weighted by Gasteiger charge is -2.28. The van der Waals surface area contributed by atoms with Crippen molar-refractivity contribution in [2.75, 3.05) is 23.3 Å². The number of alkyl carbamates (subject to hydrolysis) is 1. The normalized spacial score (nSPS) is 12.3. The Bertz CT molecular complexity index is 861. The highest BCUT2D eigenvalue weighted by Gasteiger charge is 2.26. The number of nitrogens with one attached hydrogen (secondary N) is 2. The van der Waals surface area contributed by atoms with Crippen LogP contribution in [0, 0.1) is 5.82 Å². The van der Waals surface area contributed by atoms with Crippen molar-refractivity contribution in [2.24, 2.45) is 0 Å². The van der Waals surface area contributed by atoms with Crippen LogP contribution in [0.15, 0.2) is 30.9 Å². The quantitative estimate of drug-likeness (QED) is 0.457. The van der Waals surface area contributed by atoms with Crippen molar-refractivity contribution in [3.05, 3.63) is 36.7 Å². The Kier molecular flexibility index (Phi) is 9.69. The summed E-state index contributed by atoms with van der Waals surface area (Å²) in [6.07, 6.45) is -0.185. The Labute approximate surface area is 193 Å². The van der Waals surface area contributed by atoms with Crippen molar-refractivity contribution < 1.29 is 33.4 Å². The molecule has 0 aromatic heterocycles. The van der Waals surface area contributed by atoms with E-state index in [4.69, 9.17) is 9.47 Å². The molecule has 184 valence electrons. The molecule has 2 amide bonds. The van der Waals surface area contributed by atoms with Crippen LogP contribution < -0.4 is 15.5 Å². The first kappa shape index (κ1) is 27.7. The topological polar surface area (TPSA) is 117 Å². The number of anilines is 2. The van der Waals surface area contributed by atoms with Crippen molar-refractivity contribution in [1.82, 2.24) is 5.32 Å². The van der Waals surface area contributed by atoms with E-state index in [1.165, 1.54) is 29.2 Å². The fourth-order valence-corrected chi connectivity index (χ4v) is 2.79. The summed E-state index contributed by atoms with van der Waals surface area (Å²) in [5.41, 5.74) is -1.35. The molecule has 1 atom stereocenters. The first-order chi connectivity index (χ1) is 15.1. The number of ether oxygens (including phenoxy) is 2. The number of halogens is 1. The third-order valence-electron chi connectivity index (χ3n) is 3.96. The molecular formula is C23H34FN3O6. The van der Waals surface area contributed by atoms with Gasteiger partial charge >= 0.3 is 18.2 Å². The Balaban J connectivity index is 3.08. The van der Waals surface area contributed by atoms with Crippen molar-refractivity contribution >= 4 is 29.5 Å². The zero-order valence-corrected chi connectivity index (χ0v) is 20.0. The van der Waals surface area contributed by atoms with Gasteiger partial charge in [0.05, 0.1) is 11.4 Å². The summed E-state index contributed by atoms with van der Waals surface area (Å²) in [5, 5.41) is 14.4. The standard InChI is InChI=1S/C23H34FN3O6/c1-8-13-27(14-12-17(19(28)29)26-21(31)33-23(5,6)7)18-15(24)10-9-11-16(18)25-20(30)32-22(2,3)4/h8-11,17H,1,12-14H2,2-7H3,(H,25,30)(H,26,31)(H,28,29). The molecule has 9 nitrogen and oxygen atoms in total. The van der Waals surface area contributed by atoms with Crippen LogP contribution >= 0.6 is 0 Å². The van der Waals surface area contributed by atoms with E-state index in [9.17, 15) is 23.9 Å². The number of rotatable bonds is 9. The molecule has 1 aromatic rings. The van der Waals surface area contributed by atoms with Crippen LogP contribution in [-0.4, -0.2) is 53.6 Å². The summed E-state index contributed by atoms with van der Waals surface area (Å²) < 4.78 is 25.2. The Morgan fingerprint density at radius 3 is 2.21 bits per heavy atom. The molecule has 0 aliphatic carbocycles. The van der Waals surface area contributed by atoms with Crippen molar-refractivity contribution in [2.45, 2.75) is 65.2 Å². The molecule has 0 aliphatic rings. The number of carboxylic acid groups (broad SMARTS) is 1. The molecule has 0 bridgehead atoms. The number of carbonyl (C=O) groups is 3. The largest absolute Gasteiger partial charge is 0.480 e. The number of aliphatic carboxylic acids is 1. The van der Waals surface area contributed by atoms with Gasteiger partial charge in [-0.15, -0.1) is 6.58 Å². The summed E-state index contributed by atoms with van der Waals surface area (Å²) in [5.74, 6) is -1.89. The van der Waals surface area contributed by atoms with Gasteiger partial charge < -0.3 is 24.8 Å². The maximum atomic E-state index is 14.8. The lowest BCUT2D eigenvalue weighted by Crippen LogP contribution is -2.45. The highest BCUT2D eigenvalue weighted by Crippen LogP contribution is 2.30. The second kappa shape index (κ2) is 11.5. The molecule has 1 aromatic carbocycles. The van der Waals surface area contributed by atoms with Gasteiger partial charge in [0.25, 0.3) is 0 Å². The monoisotopic (exact) mass is 467 g/mol. The van der Waals surface area contributed by atoms with Crippen LogP contribution in [0.2, 0.25) is 0 Å². The number of hydrogen-bond acceptors (Lipinski definition) is 6. The van der Waals surface area contributed by atoms with E-state index < -0.39 is 41.2 Å². The minimum atomic E-state index is -1.28. The second-order valence-electron chi connectivity index (χ2n) is 9.32. The van der Waals surface area contributed by atoms with Crippen LogP contribution in [0.5, 0.6) is 0 Å². The van der Waals surface area contributed by atoms with E-state index in [1.807, 2.05) is 0 Å². The van der Waals surface area contributed by atoms with Gasteiger partial charge in [-0.3, -0.25) is 5.32 Å². The number of hydrogen-bond donors (Lipinski definition) is 3. The maximum Gasteiger partial charge on any atom is 0.412 e. The summed E-state index contributed by atoms with van der Waals surface area (Å²) in [6, 6.07) is 2.88. The fourth-order valence-electron chi connectivity index (χ4n) is 2.79. The number of carboxylic acids is 1. The minimum Gasteiger partial charge on any atom is -0.480 e. The Hall–Kier alpha value is -3.30. The van der Waals surface area contributed by atoms with Crippen molar-refractivity contribution in [3.8, 4) is 0 Å². The SMILES string of the molecule is C=CCN(CCC(NC(=O)OC(C)(C)C)C(=O)O)c1c(F)cccc1NC(=O)OC(C)(C)C. The molecule has 10 heteroatoms. The molecule has 0 aliphatic heterocycles. The van der Waals surface area contributed by atoms with E-state index in [1.54, 1.807) is 41.5 Å². The predicted molar refractivity (Wildman–Crippen MR) is 124 cm³/mol. The second-order valence-corrected chi connectivity index (χ2v) is 9.32. The molecule has 1 unspecified atom stereocenters. The van der Waals surface area contributed by atoms with Crippen molar-refractivity contribution in [1.29, 1.82) is 0 Å². The van der Waals surface area contributed by atoms with Gasteiger partial charge in [-0.2, -0.15) is 0 Å². The van der Waals surface area contributed by atoms with Crippen LogP contribution in [0.1, 0.15) is 48.0 Å². The summed E-state index contributed by atoms with van der Waals surface area (Å²) in [7, 11) is 0. The van der Waals surface area contributed by atoms with Gasteiger partial charge in [0, 0.05) is 13.1 Å². The van der Waals surface area contributed by atoms with Crippen LogP contribution in [-0.2, 0) is 14.3 Å². The average molecular weight is 468 g/mol. The van der Waals surface area contributed by atoms with Gasteiger partial charge in [-0.1, -0.05) is 12.1 Å². The number of para-hydroxylation sites is 1. The third kappa shape index (κ3) is 10.2. The number of amides is 2. The maximum absolute atomic E-state index is 14.8. The lowest BCUT2D eigenvalue weighted by atomic mass is 10.1. The summed E-state index contributed by atoms with van der Waals surface area (Å²) in [6.45, 7) is 13.9. The van der Waals surface area contributed by atoms with Gasteiger partial charge in [0.15, 0.2) is 0 Å². The molecule has 0 fully saturated rings. The smallest absolute Gasteiger partial charge is 0.412 e. The predicted octanol–water partition coefficient (Wildman–Crippen LogP) is 4.53. The first-order valence-electron chi connectivity index (χ1n) is 10.5. The molecule has 0 heterocycles. The summed E-state index contributed by atoms with van der Waals surface area (Å²) in [4.78, 5) is 37.4. The number of carbonyl (C=O) groups excluding carboxylic acids is 2. The first-order valence-corrected chi connectivity index (χ1v) is 10.5. The summed E-state index contributed by atoms with van der Waals surface area (Å²) >= 11 is 0. The van der Waals surface area contributed by atoms with Crippen LogP contribution in [0.3, 0.4) is 0 Å². The average Bonchev–Trinajstić information content (AvgIpc) is 2.61. The van der Waals surface area contributed by atoms with E-state index in [0.717, 1.165) is 0 Å². The minimum absolute atomic E-state index is 0.0305. The van der Waals surface area contributed by atoms with Crippen LogP contribution in [0.4, 0.5) is 25.4 Å². The molecule has 0 spiro atoms. The molecule has 3 N–H and O–H groups in total. The highest BCUT2D eigenvalue weighted by atomic mass is 19.1. The molecule has 0 saturated heterocycles. The Morgan fingerprint density at radius 1 is 1.12 bits per heavy atom. The van der Waals surface area contributed by atoms with E-state index >= 15 is 0 Å². The molecule has 0 radical (unpaired) electrons. The zero-order chi connectivity index (χ0) is 25.4. The fraction of sp³-hybridized carbons (Fsp3) is 0.522. The van der Waals surface area contributed by atoms with E-state index in [-0.39, 0.29) is 30.9 Å². The van der Waals surface area contributed by atoms with Crippen LogP contribution in [0.25, 0.3) is 0 Å². The van der Waals surface area contributed by atoms with Crippen molar-refractivity contribution in [3.63, 3.8) is 0 Å². The van der Waals surface area contributed by atoms with Gasteiger partial charge in [0.2, 0.25) is 0 Å². The van der Waals surface area contributed by atoms with Gasteiger partial charge in [-0.25, -0.2) is 18.8 Å².